The highest BCUT2D eigenvalue weighted by Gasteiger charge is 2.20. The normalized spacial score (nSPS) is 23.2. The smallest absolute Gasteiger partial charge is 0.125 e. The molecule has 2 nitrogen and oxygen atoms in total. The number of fused-ring (bicyclic) bond motifs is 1. The summed E-state index contributed by atoms with van der Waals surface area (Å²) in [6.45, 7) is 1.99. The SMILES string of the molecule is Clc1cc2c(c(CC3CCCN3)c1)OCCC2. The van der Waals surface area contributed by atoms with Crippen molar-refractivity contribution in [3.8, 4) is 5.75 Å². The third kappa shape index (κ3) is 2.43. The average Bonchev–Trinajstić information content (AvgIpc) is 2.81. The van der Waals surface area contributed by atoms with Crippen molar-refractivity contribution in [1.29, 1.82) is 0 Å². The van der Waals surface area contributed by atoms with E-state index >= 15 is 0 Å². The van der Waals surface area contributed by atoms with Crippen molar-refractivity contribution < 1.29 is 4.74 Å². The Bertz CT molecular complexity index is 413. The molecule has 2 aliphatic rings. The molecule has 17 heavy (non-hydrogen) atoms. The van der Waals surface area contributed by atoms with Crippen LogP contribution in [-0.2, 0) is 12.8 Å². The van der Waals surface area contributed by atoms with Crippen molar-refractivity contribution in [3.63, 3.8) is 0 Å². The number of ether oxygens (including phenoxy) is 1. The molecule has 0 bridgehead atoms. The van der Waals surface area contributed by atoms with Crippen LogP contribution < -0.4 is 10.1 Å². The standard InChI is InChI=1S/C14H18ClNO/c15-12-7-10-3-2-6-17-14(10)11(8-12)9-13-4-1-5-16-13/h7-8,13,16H,1-6,9H2. The summed E-state index contributed by atoms with van der Waals surface area (Å²) in [5.74, 6) is 1.11. The average molecular weight is 252 g/mol. The fourth-order valence-corrected chi connectivity index (χ4v) is 3.13. The zero-order valence-electron chi connectivity index (χ0n) is 9.97. The van der Waals surface area contributed by atoms with E-state index in [2.05, 4.69) is 17.4 Å². The van der Waals surface area contributed by atoms with Crippen LogP contribution in [-0.4, -0.2) is 19.2 Å². The fraction of sp³-hybridized carbons (Fsp3) is 0.571. The van der Waals surface area contributed by atoms with Gasteiger partial charge in [0.15, 0.2) is 0 Å². The van der Waals surface area contributed by atoms with E-state index in [9.17, 15) is 0 Å². The molecule has 1 unspecified atom stereocenters. The van der Waals surface area contributed by atoms with Gasteiger partial charge in [0.05, 0.1) is 6.61 Å². The zero-order chi connectivity index (χ0) is 11.7. The van der Waals surface area contributed by atoms with Crippen LogP contribution in [0.5, 0.6) is 5.75 Å². The molecule has 0 spiro atoms. The van der Waals surface area contributed by atoms with Gasteiger partial charge in [0.2, 0.25) is 0 Å². The Morgan fingerprint density at radius 1 is 1.35 bits per heavy atom. The van der Waals surface area contributed by atoms with Crippen molar-refractivity contribution in [1.82, 2.24) is 5.32 Å². The molecule has 0 radical (unpaired) electrons. The number of rotatable bonds is 2. The van der Waals surface area contributed by atoms with Gasteiger partial charge in [0, 0.05) is 11.1 Å². The number of hydrogen-bond donors (Lipinski definition) is 1. The number of nitrogens with one attached hydrogen (secondary N) is 1. The quantitative estimate of drug-likeness (QED) is 0.873. The highest BCUT2D eigenvalue weighted by molar-refractivity contribution is 6.30. The second-order valence-electron chi connectivity index (χ2n) is 5.00. The van der Waals surface area contributed by atoms with Crippen molar-refractivity contribution in [2.45, 2.75) is 38.1 Å². The minimum absolute atomic E-state index is 0.600. The zero-order valence-corrected chi connectivity index (χ0v) is 10.7. The maximum Gasteiger partial charge on any atom is 0.125 e. The lowest BCUT2D eigenvalue weighted by atomic mass is 9.97. The molecule has 1 saturated heterocycles. The maximum atomic E-state index is 6.19. The van der Waals surface area contributed by atoms with Crippen LogP contribution >= 0.6 is 11.6 Å². The van der Waals surface area contributed by atoms with Gasteiger partial charge in [-0.15, -0.1) is 0 Å². The first kappa shape index (κ1) is 11.4. The van der Waals surface area contributed by atoms with Crippen molar-refractivity contribution >= 4 is 11.6 Å². The van der Waals surface area contributed by atoms with Gasteiger partial charge in [-0.25, -0.2) is 0 Å². The van der Waals surface area contributed by atoms with E-state index in [0.717, 1.165) is 43.2 Å². The lowest BCUT2D eigenvalue weighted by Crippen LogP contribution is -2.24. The molecule has 1 fully saturated rings. The van der Waals surface area contributed by atoms with Crippen LogP contribution in [0.3, 0.4) is 0 Å². The van der Waals surface area contributed by atoms with Crippen LogP contribution in [0.4, 0.5) is 0 Å². The summed E-state index contributed by atoms with van der Waals surface area (Å²) in [6.07, 6.45) is 5.80. The second-order valence-corrected chi connectivity index (χ2v) is 5.44. The molecule has 1 aromatic rings. The van der Waals surface area contributed by atoms with Crippen LogP contribution in [0.2, 0.25) is 5.02 Å². The van der Waals surface area contributed by atoms with Crippen LogP contribution in [0.25, 0.3) is 0 Å². The molecular weight excluding hydrogens is 234 g/mol. The molecule has 2 heterocycles. The van der Waals surface area contributed by atoms with Gasteiger partial charge in [0.1, 0.15) is 5.75 Å². The van der Waals surface area contributed by atoms with E-state index in [-0.39, 0.29) is 0 Å². The van der Waals surface area contributed by atoms with E-state index in [1.54, 1.807) is 0 Å². The monoisotopic (exact) mass is 251 g/mol. The lowest BCUT2D eigenvalue weighted by Gasteiger charge is -2.22. The summed E-state index contributed by atoms with van der Waals surface area (Å²) in [7, 11) is 0. The van der Waals surface area contributed by atoms with Crippen LogP contribution in [0, 0.1) is 0 Å². The van der Waals surface area contributed by atoms with E-state index < -0.39 is 0 Å². The van der Waals surface area contributed by atoms with Crippen LogP contribution in [0.1, 0.15) is 30.4 Å². The highest BCUT2D eigenvalue weighted by Crippen LogP contribution is 2.33. The highest BCUT2D eigenvalue weighted by atomic mass is 35.5. The van der Waals surface area contributed by atoms with E-state index in [1.807, 2.05) is 0 Å². The molecule has 92 valence electrons. The number of hydrogen-bond acceptors (Lipinski definition) is 2. The predicted molar refractivity (Wildman–Crippen MR) is 70.0 cm³/mol. The number of benzene rings is 1. The van der Waals surface area contributed by atoms with Crippen molar-refractivity contribution in [2.24, 2.45) is 0 Å². The second kappa shape index (κ2) is 4.87. The van der Waals surface area contributed by atoms with Gasteiger partial charge in [-0.3, -0.25) is 0 Å². The Labute approximate surface area is 107 Å². The molecule has 0 amide bonds. The van der Waals surface area contributed by atoms with E-state index in [4.69, 9.17) is 16.3 Å². The Kier molecular flexibility index (Phi) is 3.26. The molecule has 0 saturated carbocycles. The van der Waals surface area contributed by atoms with E-state index in [0.29, 0.717) is 6.04 Å². The first-order chi connectivity index (χ1) is 8.33. The largest absolute Gasteiger partial charge is 0.493 e. The van der Waals surface area contributed by atoms with Gasteiger partial charge in [-0.1, -0.05) is 11.6 Å². The molecule has 3 rings (SSSR count). The van der Waals surface area contributed by atoms with Crippen molar-refractivity contribution in [3.05, 3.63) is 28.3 Å². The number of halogens is 1. The predicted octanol–water partition coefficient (Wildman–Crippen LogP) is 2.96. The molecule has 2 aliphatic heterocycles. The third-order valence-corrected chi connectivity index (χ3v) is 3.89. The summed E-state index contributed by atoms with van der Waals surface area (Å²) < 4.78 is 5.83. The summed E-state index contributed by atoms with van der Waals surface area (Å²) in [6, 6.07) is 4.73. The molecule has 3 heteroatoms. The summed E-state index contributed by atoms with van der Waals surface area (Å²) in [5.41, 5.74) is 2.57. The Morgan fingerprint density at radius 2 is 2.29 bits per heavy atom. The minimum Gasteiger partial charge on any atom is -0.493 e. The fourth-order valence-electron chi connectivity index (χ4n) is 2.87. The molecule has 1 aromatic carbocycles. The third-order valence-electron chi connectivity index (χ3n) is 3.67. The summed E-state index contributed by atoms with van der Waals surface area (Å²) in [5, 5.41) is 4.38. The maximum absolute atomic E-state index is 6.19. The van der Waals surface area contributed by atoms with Gasteiger partial charge >= 0.3 is 0 Å². The van der Waals surface area contributed by atoms with E-state index in [1.165, 1.54) is 24.0 Å². The number of aryl methyl sites for hydroxylation is 1. The van der Waals surface area contributed by atoms with Gasteiger partial charge in [0.25, 0.3) is 0 Å². The van der Waals surface area contributed by atoms with Gasteiger partial charge < -0.3 is 10.1 Å². The summed E-state index contributed by atoms with van der Waals surface area (Å²) in [4.78, 5) is 0. The Hall–Kier alpha value is -0.730. The molecule has 0 aliphatic carbocycles. The van der Waals surface area contributed by atoms with Crippen molar-refractivity contribution in [2.75, 3.05) is 13.2 Å². The molecule has 1 N–H and O–H groups in total. The topological polar surface area (TPSA) is 21.3 Å². The molecule has 1 atom stereocenters. The van der Waals surface area contributed by atoms with Crippen LogP contribution in [0.15, 0.2) is 12.1 Å². The Morgan fingerprint density at radius 3 is 3.12 bits per heavy atom. The lowest BCUT2D eigenvalue weighted by molar-refractivity contribution is 0.284. The molecule has 0 aromatic heterocycles. The summed E-state index contributed by atoms with van der Waals surface area (Å²) >= 11 is 6.19. The first-order valence-electron chi connectivity index (χ1n) is 6.50. The van der Waals surface area contributed by atoms with Gasteiger partial charge in [-0.2, -0.15) is 0 Å². The first-order valence-corrected chi connectivity index (χ1v) is 6.88. The Balaban J connectivity index is 1.88. The minimum atomic E-state index is 0.600. The molecular formula is C14H18ClNO. The van der Waals surface area contributed by atoms with Gasteiger partial charge in [-0.05, 0) is 61.9 Å².